The first-order valence-corrected chi connectivity index (χ1v) is 9.59. The molecule has 0 atom stereocenters. The van der Waals surface area contributed by atoms with Gasteiger partial charge in [-0.2, -0.15) is 0 Å². The quantitative estimate of drug-likeness (QED) is 0.652. The maximum atomic E-state index is 13.3. The summed E-state index contributed by atoms with van der Waals surface area (Å²) in [6, 6.07) is 11.0. The van der Waals surface area contributed by atoms with Crippen molar-refractivity contribution in [2.24, 2.45) is 0 Å². The first-order valence-electron chi connectivity index (χ1n) is 9.21. The van der Waals surface area contributed by atoms with Gasteiger partial charge in [0.1, 0.15) is 6.54 Å². The molecule has 1 saturated carbocycles. The van der Waals surface area contributed by atoms with Gasteiger partial charge in [0, 0.05) is 16.6 Å². The van der Waals surface area contributed by atoms with Crippen LogP contribution in [0.1, 0.15) is 30.1 Å². The summed E-state index contributed by atoms with van der Waals surface area (Å²) in [6.45, 7) is 1.17. The number of amides is 1. The third kappa shape index (κ3) is 3.73. The predicted molar refractivity (Wildman–Crippen MR) is 110 cm³/mol. The van der Waals surface area contributed by atoms with Crippen molar-refractivity contribution in [2.75, 3.05) is 0 Å². The molecular weight excluding hydrogens is 394 g/mol. The number of hydrogen-bond donors (Lipinski definition) is 1. The Balaban J connectivity index is 1.95. The first kappa shape index (κ1) is 19.1. The Kier molecular flexibility index (Phi) is 4.84. The Labute approximate surface area is 170 Å². The molecule has 7 nitrogen and oxygen atoms in total. The number of fused-ring (bicyclic) bond motifs is 1. The zero-order valence-corrected chi connectivity index (χ0v) is 16.4. The van der Waals surface area contributed by atoms with Crippen LogP contribution in [0, 0.1) is 0 Å². The van der Waals surface area contributed by atoms with Gasteiger partial charge in [0.05, 0.1) is 16.6 Å². The Hall–Kier alpha value is -3.19. The third-order valence-electron chi connectivity index (χ3n) is 4.86. The van der Waals surface area contributed by atoms with Crippen LogP contribution in [0.25, 0.3) is 16.6 Å². The average molecular weight is 412 g/mol. The van der Waals surface area contributed by atoms with Crippen molar-refractivity contribution in [3.05, 3.63) is 73.9 Å². The van der Waals surface area contributed by atoms with Gasteiger partial charge in [0.15, 0.2) is 5.78 Å². The standard InChI is InChI=1S/C21H18ClN3O4/c1-12(26)13-3-2-4-16(9-13)25-20(28)17-8-5-14(22)10-18(17)24(21(25)29)11-19(27)23-15-6-7-15/h2-5,8-10,15H,6-7,11H2,1H3,(H,23,27). The van der Waals surface area contributed by atoms with Gasteiger partial charge >= 0.3 is 5.69 Å². The van der Waals surface area contributed by atoms with Crippen LogP contribution in [-0.4, -0.2) is 26.9 Å². The number of Topliss-reactive ketones (excluding diaryl/α,β-unsaturated/α-hetero) is 1. The molecular formula is C21H18ClN3O4. The minimum atomic E-state index is -0.670. The van der Waals surface area contributed by atoms with Crippen molar-refractivity contribution in [3.63, 3.8) is 0 Å². The molecule has 0 bridgehead atoms. The number of aromatic nitrogens is 2. The Bertz CT molecular complexity index is 1270. The van der Waals surface area contributed by atoms with E-state index in [1.165, 1.54) is 29.7 Å². The number of ketones is 1. The van der Waals surface area contributed by atoms with Crippen LogP contribution in [0.15, 0.2) is 52.1 Å². The van der Waals surface area contributed by atoms with Crippen molar-refractivity contribution in [1.82, 2.24) is 14.5 Å². The van der Waals surface area contributed by atoms with E-state index in [2.05, 4.69) is 5.32 Å². The van der Waals surface area contributed by atoms with Crippen LogP contribution in [0.2, 0.25) is 5.02 Å². The molecule has 0 radical (unpaired) electrons. The summed E-state index contributed by atoms with van der Waals surface area (Å²) < 4.78 is 2.22. The highest BCUT2D eigenvalue weighted by Gasteiger charge is 2.24. The van der Waals surface area contributed by atoms with Gasteiger partial charge in [-0.25, -0.2) is 9.36 Å². The van der Waals surface area contributed by atoms with E-state index < -0.39 is 11.2 Å². The van der Waals surface area contributed by atoms with Crippen molar-refractivity contribution >= 4 is 34.2 Å². The molecule has 1 heterocycles. The summed E-state index contributed by atoms with van der Waals surface area (Å²) in [6.07, 6.45) is 1.84. The lowest BCUT2D eigenvalue weighted by Crippen LogP contribution is -2.42. The number of carbonyl (C=O) groups is 2. The molecule has 148 valence electrons. The molecule has 1 aliphatic rings. The smallest absolute Gasteiger partial charge is 0.336 e. The second kappa shape index (κ2) is 7.33. The van der Waals surface area contributed by atoms with Crippen LogP contribution in [0.4, 0.5) is 0 Å². The molecule has 8 heteroatoms. The molecule has 1 amide bonds. The van der Waals surface area contributed by atoms with E-state index in [9.17, 15) is 19.2 Å². The predicted octanol–water partition coefficient (Wildman–Crippen LogP) is 2.29. The molecule has 3 aromatic rings. The maximum Gasteiger partial charge on any atom is 0.336 e. The highest BCUT2D eigenvalue weighted by molar-refractivity contribution is 6.31. The van der Waals surface area contributed by atoms with Gasteiger partial charge in [-0.15, -0.1) is 0 Å². The number of rotatable bonds is 5. The molecule has 1 aromatic heterocycles. The van der Waals surface area contributed by atoms with Gasteiger partial charge in [-0.05, 0) is 50.1 Å². The van der Waals surface area contributed by atoms with E-state index in [4.69, 9.17) is 11.6 Å². The molecule has 2 aromatic carbocycles. The topological polar surface area (TPSA) is 90.2 Å². The molecule has 1 fully saturated rings. The summed E-state index contributed by atoms with van der Waals surface area (Å²) in [5.74, 6) is -0.491. The van der Waals surface area contributed by atoms with Gasteiger partial charge in [0.2, 0.25) is 5.91 Å². The number of hydrogen-bond acceptors (Lipinski definition) is 4. The summed E-state index contributed by atoms with van der Waals surface area (Å²) in [5, 5.41) is 3.45. The van der Waals surface area contributed by atoms with E-state index in [-0.39, 0.29) is 40.9 Å². The average Bonchev–Trinajstić information content (AvgIpc) is 3.49. The zero-order valence-electron chi connectivity index (χ0n) is 15.6. The van der Waals surface area contributed by atoms with Crippen molar-refractivity contribution in [2.45, 2.75) is 32.4 Å². The van der Waals surface area contributed by atoms with Gasteiger partial charge in [0.25, 0.3) is 5.56 Å². The highest BCUT2D eigenvalue weighted by atomic mass is 35.5. The van der Waals surface area contributed by atoms with Gasteiger partial charge in [-0.3, -0.25) is 19.0 Å². The van der Waals surface area contributed by atoms with Crippen LogP contribution in [-0.2, 0) is 11.3 Å². The number of halogens is 1. The lowest BCUT2D eigenvalue weighted by molar-refractivity contribution is -0.121. The van der Waals surface area contributed by atoms with Crippen LogP contribution in [0.5, 0.6) is 0 Å². The number of carbonyl (C=O) groups excluding carboxylic acids is 2. The molecule has 29 heavy (non-hydrogen) atoms. The van der Waals surface area contributed by atoms with Crippen LogP contribution < -0.4 is 16.6 Å². The summed E-state index contributed by atoms with van der Waals surface area (Å²) >= 11 is 6.08. The van der Waals surface area contributed by atoms with Crippen LogP contribution in [0.3, 0.4) is 0 Å². The molecule has 1 aliphatic carbocycles. The first-order chi connectivity index (χ1) is 13.8. The normalized spacial score (nSPS) is 13.4. The largest absolute Gasteiger partial charge is 0.352 e. The highest BCUT2D eigenvalue weighted by Crippen LogP contribution is 2.19. The fraction of sp³-hybridized carbons (Fsp3) is 0.238. The Morgan fingerprint density at radius 2 is 1.90 bits per heavy atom. The molecule has 0 aliphatic heterocycles. The summed E-state index contributed by atoms with van der Waals surface area (Å²) in [4.78, 5) is 50.5. The lowest BCUT2D eigenvalue weighted by atomic mass is 10.1. The number of benzene rings is 2. The molecule has 0 unspecified atom stereocenters. The molecule has 4 rings (SSSR count). The minimum Gasteiger partial charge on any atom is -0.352 e. The van der Waals surface area contributed by atoms with E-state index in [1.54, 1.807) is 24.3 Å². The maximum absolute atomic E-state index is 13.3. The number of nitrogens with zero attached hydrogens (tertiary/aromatic N) is 2. The molecule has 0 spiro atoms. The van der Waals surface area contributed by atoms with E-state index in [0.29, 0.717) is 10.6 Å². The van der Waals surface area contributed by atoms with Crippen molar-refractivity contribution in [1.29, 1.82) is 0 Å². The van der Waals surface area contributed by atoms with Crippen molar-refractivity contribution in [3.8, 4) is 5.69 Å². The third-order valence-corrected chi connectivity index (χ3v) is 5.10. The monoisotopic (exact) mass is 411 g/mol. The summed E-state index contributed by atoms with van der Waals surface area (Å²) in [7, 11) is 0. The second-order valence-corrected chi connectivity index (χ2v) is 7.56. The van der Waals surface area contributed by atoms with E-state index in [1.807, 2.05) is 0 Å². The number of nitrogens with one attached hydrogen (secondary N) is 1. The van der Waals surface area contributed by atoms with Gasteiger partial charge < -0.3 is 5.32 Å². The zero-order chi connectivity index (χ0) is 20.7. The summed E-state index contributed by atoms with van der Waals surface area (Å²) in [5.41, 5.74) is -0.279. The minimum absolute atomic E-state index is 0.145. The molecule has 1 N–H and O–H groups in total. The molecule has 0 saturated heterocycles. The fourth-order valence-electron chi connectivity index (χ4n) is 3.23. The van der Waals surface area contributed by atoms with Gasteiger partial charge in [-0.1, -0.05) is 23.7 Å². The van der Waals surface area contributed by atoms with E-state index >= 15 is 0 Å². The Morgan fingerprint density at radius 1 is 1.14 bits per heavy atom. The second-order valence-electron chi connectivity index (χ2n) is 7.12. The van der Waals surface area contributed by atoms with Crippen LogP contribution >= 0.6 is 11.6 Å². The SMILES string of the molecule is CC(=O)c1cccc(-n2c(=O)c3ccc(Cl)cc3n(CC(=O)NC3CC3)c2=O)c1. The Morgan fingerprint density at radius 3 is 2.59 bits per heavy atom. The van der Waals surface area contributed by atoms with E-state index in [0.717, 1.165) is 17.4 Å². The fourth-order valence-corrected chi connectivity index (χ4v) is 3.40. The lowest BCUT2D eigenvalue weighted by Gasteiger charge is -2.15. The van der Waals surface area contributed by atoms with Crippen molar-refractivity contribution < 1.29 is 9.59 Å².